The van der Waals surface area contributed by atoms with Gasteiger partial charge in [-0.05, 0) is 12.6 Å². The lowest BCUT2D eigenvalue weighted by molar-refractivity contribution is 0.510. The molecule has 0 radical (unpaired) electrons. The summed E-state index contributed by atoms with van der Waals surface area (Å²) in [4.78, 5) is 0. The van der Waals surface area contributed by atoms with Crippen LogP contribution in [-0.4, -0.2) is 6.92 Å². The molecule has 0 aromatic carbocycles. The number of rotatable bonds is 2. The third-order valence-electron chi connectivity index (χ3n) is 1.20. The molecule has 0 saturated heterocycles. The van der Waals surface area contributed by atoms with Crippen molar-refractivity contribution in [3.8, 4) is 0 Å². The topological polar surface area (TPSA) is 9.23 Å². The smallest absolute Gasteiger partial charge is 0.364 e. The van der Waals surface area contributed by atoms with E-state index in [0.717, 1.165) is 12.6 Å². The Morgan fingerprint density at radius 3 is 3.25 bits per heavy atom. The third kappa shape index (κ3) is 1.16. The van der Waals surface area contributed by atoms with Gasteiger partial charge in [-0.1, -0.05) is 12.2 Å². The summed E-state index contributed by atoms with van der Waals surface area (Å²) in [5.74, 6) is 0. The van der Waals surface area contributed by atoms with Gasteiger partial charge in [0.1, 0.15) is 0 Å². The van der Waals surface area contributed by atoms with Crippen molar-refractivity contribution in [3.05, 3.63) is 25.0 Å². The number of allylic oxidation sites excluding steroid dienone is 2. The second kappa shape index (κ2) is 2.60. The molecule has 0 fully saturated rings. The monoisotopic (exact) mass is 108 g/mol. The van der Waals surface area contributed by atoms with E-state index in [-0.39, 0.29) is 0 Å². The van der Waals surface area contributed by atoms with Gasteiger partial charge in [0.15, 0.2) is 0 Å². The van der Waals surface area contributed by atoms with Crippen LogP contribution in [0.15, 0.2) is 25.0 Å². The van der Waals surface area contributed by atoms with E-state index in [0.29, 0.717) is 6.92 Å². The summed E-state index contributed by atoms with van der Waals surface area (Å²) in [6, 6.07) is 0. The highest BCUT2D eigenvalue weighted by atomic mass is 16.4. The van der Waals surface area contributed by atoms with Crippen LogP contribution in [0.25, 0.3) is 0 Å². The molecule has 1 nitrogen and oxygen atoms in total. The maximum Gasteiger partial charge on any atom is 0.364 e. The normalized spacial score (nSPS) is 16.2. The van der Waals surface area contributed by atoms with Crippen molar-refractivity contribution in [1.82, 2.24) is 0 Å². The van der Waals surface area contributed by atoms with E-state index in [4.69, 9.17) is 4.65 Å². The molecule has 2 heteroatoms. The summed E-state index contributed by atoms with van der Waals surface area (Å²) >= 11 is 0. The standard InChI is InChI=1S/C6H9BO/c1-2-4-7-5-3-6-8-7/h2-3,6H,1,4-5H2. The largest absolute Gasteiger partial charge is 0.565 e. The van der Waals surface area contributed by atoms with E-state index in [1.54, 1.807) is 6.26 Å². The van der Waals surface area contributed by atoms with Gasteiger partial charge in [-0.2, -0.15) is 0 Å². The Kier molecular flexibility index (Phi) is 1.78. The number of hydrogen-bond donors (Lipinski definition) is 0. The first-order valence-electron chi connectivity index (χ1n) is 2.85. The van der Waals surface area contributed by atoms with Crippen LogP contribution in [0, 0.1) is 0 Å². The molecule has 1 aliphatic rings. The Bertz CT molecular complexity index is 101. The van der Waals surface area contributed by atoms with Crippen LogP contribution in [0.5, 0.6) is 0 Å². The van der Waals surface area contributed by atoms with Gasteiger partial charge in [-0.15, -0.1) is 6.58 Å². The Morgan fingerprint density at radius 2 is 2.75 bits per heavy atom. The molecular formula is C6H9BO. The lowest BCUT2D eigenvalue weighted by Gasteiger charge is -1.98. The fourth-order valence-electron chi connectivity index (χ4n) is 0.767. The summed E-state index contributed by atoms with van der Waals surface area (Å²) in [5, 5.41) is 0. The molecule has 0 aromatic heterocycles. The Labute approximate surface area is 50.2 Å². The molecule has 0 N–H and O–H groups in total. The summed E-state index contributed by atoms with van der Waals surface area (Å²) in [7, 11) is 0. The molecule has 1 rings (SSSR count). The summed E-state index contributed by atoms with van der Waals surface area (Å²) in [6.07, 6.45) is 7.69. The molecule has 0 unspecified atom stereocenters. The second-order valence-electron chi connectivity index (χ2n) is 1.89. The Morgan fingerprint density at radius 1 is 1.88 bits per heavy atom. The molecule has 8 heavy (non-hydrogen) atoms. The van der Waals surface area contributed by atoms with Crippen LogP contribution in [0.3, 0.4) is 0 Å². The maximum atomic E-state index is 5.14. The second-order valence-corrected chi connectivity index (χ2v) is 1.89. The molecular weight excluding hydrogens is 98.9 g/mol. The van der Waals surface area contributed by atoms with Crippen molar-refractivity contribution in [3.63, 3.8) is 0 Å². The first kappa shape index (κ1) is 5.48. The highest BCUT2D eigenvalue weighted by Crippen LogP contribution is 2.09. The summed E-state index contributed by atoms with van der Waals surface area (Å²) in [6.45, 7) is 4.00. The molecule has 1 heterocycles. The van der Waals surface area contributed by atoms with E-state index in [1.165, 1.54) is 0 Å². The van der Waals surface area contributed by atoms with Crippen molar-refractivity contribution in [2.45, 2.75) is 12.6 Å². The fraction of sp³-hybridized carbons (Fsp3) is 0.333. The highest BCUT2D eigenvalue weighted by molar-refractivity contribution is 6.53. The number of hydrogen-bond acceptors (Lipinski definition) is 1. The van der Waals surface area contributed by atoms with E-state index < -0.39 is 0 Å². The van der Waals surface area contributed by atoms with Gasteiger partial charge < -0.3 is 4.65 Å². The molecule has 0 spiro atoms. The molecule has 0 amide bonds. The van der Waals surface area contributed by atoms with Gasteiger partial charge in [-0.25, -0.2) is 0 Å². The van der Waals surface area contributed by atoms with Crippen molar-refractivity contribution in [2.24, 2.45) is 0 Å². The average Bonchev–Trinajstić information content (AvgIpc) is 2.19. The molecule has 1 aliphatic heterocycles. The van der Waals surface area contributed by atoms with Crippen molar-refractivity contribution in [1.29, 1.82) is 0 Å². The van der Waals surface area contributed by atoms with E-state index in [9.17, 15) is 0 Å². The van der Waals surface area contributed by atoms with Crippen LogP contribution in [0.2, 0.25) is 12.6 Å². The average molecular weight is 108 g/mol. The molecule has 0 aliphatic carbocycles. The van der Waals surface area contributed by atoms with Crippen LogP contribution in [0.1, 0.15) is 0 Å². The zero-order valence-electron chi connectivity index (χ0n) is 4.84. The first-order valence-corrected chi connectivity index (χ1v) is 2.85. The zero-order valence-corrected chi connectivity index (χ0v) is 4.84. The Hall–Kier alpha value is -0.655. The molecule has 0 aromatic rings. The Balaban J connectivity index is 2.19. The van der Waals surface area contributed by atoms with Crippen molar-refractivity contribution >= 4 is 6.92 Å². The predicted octanol–water partition coefficient (Wildman–Crippen LogP) is 1.71. The van der Waals surface area contributed by atoms with E-state index in [2.05, 4.69) is 6.58 Å². The van der Waals surface area contributed by atoms with Crippen LogP contribution < -0.4 is 0 Å². The quantitative estimate of drug-likeness (QED) is 0.386. The van der Waals surface area contributed by atoms with E-state index in [1.807, 2.05) is 12.2 Å². The van der Waals surface area contributed by atoms with Gasteiger partial charge in [0, 0.05) is 0 Å². The van der Waals surface area contributed by atoms with E-state index >= 15 is 0 Å². The van der Waals surface area contributed by atoms with Crippen molar-refractivity contribution in [2.75, 3.05) is 0 Å². The summed E-state index contributed by atoms with van der Waals surface area (Å²) in [5.41, 5.74) is 0. The molecule has 0 saturated carbocycles. The SMILES string of the molecule is C=CCB1CC=CO1. The molecule has 0 atom stereocenters. The van der Waals surface area contributed by atoms with Crippen molar-refractivity contribution < 1.29 is 4.65 Å². The highest BCUT2D eigenvalue weighted by Gasteiger charge is 2.15. The lowest BCUT2D eigenvalue weighted by atomic mass is 9.63. The van der Waals surface area contributed by atoms with Crippen LogP contribution in [-0.2, 0) is 4.65 Å². The summed E-state index contributed by atoms with van der Waals surface area (Å²) < 4.78 is 5.14. The van der Waals surface area contributed by atoms with Gasteiger partial charge in [0.25, 0.3) is 0 Å². The van der Waals surface area contributed by atoms with Crippen LogP contribution >= 0.6 is 0 Å². The van der Waals surface area contributed by atoms with Gasteiger partial charge in [0.05, 0.1) is 6.26 Å². The first-order chi connectivity index (χ1) is 3.93. The minimum Gasteiger partial charge on any atom is -0.565 e. The predicted molar refractivity (Wildman–Crippen MR) is 35.8 cm³/mol. The van der Waals surface area contributed by atoms with Crippen LogP contribution in [0.4, 0.5) is 0 Å². The minimum atomic E-state index is 0.382. The third-order valence-corrected chi connectivity index (χ3v) is 1.20. The molecule has 42 valence electrons. The van der Waals surface area contributed by atoms with Gasteiger partial charge in [-0.3, -0.25) is 0 Å². The minimum absolute atomic E-state index is 0.382. The fourth-order valence-corrected chi connectivity index (χ4v) is 0.767. The van der Waals surface area contributed by atoms with Gasteiger partial charge in [0.2, 0.25) is 0 Å². The zero-order chi connectivity index (χ0) is 5.82. The molecule has 0 bridgehead atoms. The lowest BCUT2D eigenvalue weighted by Crippen LogP contribution is -2.06. The van der Waals surface area contributed by atoms with Gasteiger partial charge >= 0.3 is 6.92 Å². The maximum absolute atomic E-state index is 5.14.